The number of aromatic nitrogens is 2. The van der Waals surface area contributed by atoms with E-state index in [1.54, 1.807) is 12.1 Å². The maximum Gasteiger partial charge on any atom is 0.335 e. The van der Waals surface area contributed by atoms with Gasteiger partial charge in [-0.3, -0.25) is 0 Å². The average Bonchev–Trinajstić information content (AvgIpc) is 3.36. The predicted molar refractivity (Wildman–Crippen MR) is 126 cm³/mol. The highest BCUT2D eigenvalue weighted by Gasteiger charge is 2.14. The zero-order valence-corrected chi connectivity index (χ0v) is 19.5. The highest BCUT2D eigenvalue weighted by molar-refractivity contribution is 9.10. The number of imidazole rings is 1. The van der Waals surface area contributed by atoms with E-state index in [4.69, 9.17) is 26.4 Å². The van der Waals surface area contributed by atoms with Crippen molar-refractivity contribution < 1.29 is 14.6 Å². The number of carboxylic acid groups (broad SMARTS) is 1. The van der Waals surface area contributed by atoms with Crippen molar-refractivity contribution in [2.45, 2.75) is 19.8 Å². The Morgan fingerprint density at radius 1 is 1.03 bits per heavy atom. The topological polar surface area (TPSA) is 64.3 Å². The molecule has 0 fully saturated rings. The van der Waals surface area contributed by atoms with E-state index in [9.17, 15) is 4.79 Å². The van der Waals surface area contributed by atoms with Crippen molar-refractivity contribution in [1.29, 1.82) is 0 Å². The van der Waals surface area contributed by atoms with Gasteiger partial charge in [-0.1, -0.05) is 51.8 Å². The van der Waals surface area contributed by atoms with Gasteiger partial charge in [0.05, 0.1) is 33.7 Å². The summed E-state index contributed by atoms with van der Waals surface area (Å²) in [5.41, 5.74) is 3.15. The molecule has 1 N–H and O–H groups in total. The number of rotatable bonds is 8. The van der Waals surface area contributed by atoms with E-state index in [1.807, 2.05) is 59.3 Å². The van der Waals surface area contributed by atoms with Gasteiger partial charge in [0, 0.05) is 17.2 Å². The number of aromatic carboxylic acids is 1. The fourth-order valence-corrected chi connectivity index (χ4v) is 4.41. The summed E-state index contributed by atoms with van der Waals surface area (Å²) in [4.78, 5) is 16.8. The first-order valence-electron chi connectivity index (χ1n) is 9.44. The number of hydrogen-bond acceptors (Lipinski definition) is 4. The SMILES string of the molecule is O=C(O)c1ccc(Cn2cc(COCc3ccc(Br)cc3)nc2-c2ccc(Cl)s2)cc1. The Labute approximate surface area is 197 Å². The van der Waals surface area contributed by atoms with Crippen LogP contribution in [0.15, 0.2) is 71.3 Å². The summed E-state index contributed by atoms with van der Waals surface area (Å²) in [6.45, 7) is 1.44. The van der Waals surface area contributed by atoms with Crippen molar-refractivity contribution in [1.82, 2.24) is 9.55 Å². The molecule has 0 unspecified atom stereocenters. The molecule has 158 valence electrons. The Balaban J connectivity index is 1.52. The predicted octanol–water partition coefficient (Wildman–Crippen LogP) is 6.49. The van der Waals surface area contributed by atoms with Crippen LogP contribution in [0.5, 0.6) is 0 Å². The molecule has 0 aliphatic heterocycles. The summed E-state index contributed by atoms with van der Waals surface area (Å²) < 4.78 is 9.64. The van der Waals surface area contributed by atoms with Crippen molar-refractivity contribution in [2.24, 2.45) is 0 Å². The third-order valence-corrected chi connectivity index (χ3v) is 6.36. The first-order valence-corrected chi connectivity index (χ1v) is 11.4. The van der Waals surface area contributed by atoms with Gasteiger partial charge in [0.15, 0.2) is 5.82 Å². The van der Waals surface area contributed by atoms with Gasteiger partial charge in [0.2, 0.25) is 0 Å². The van der Waals surface area contributed by atoms with Crippen LogP contribution in [0.4, 0.5) is 0 Å². The van der Waals surface area contributed by atoms with Gasteiger partial charge < -0.3 is 14.4 Å². The number of nitrogens with zero attached hydrogens (tertiary/aromatic N) is 2. The van der Waals surface area contributed by atoms with Gasteiger partial charge in [-0.25, -0.2) is 9.78 Å². The van der Waals surface area contributed by atoms with Crippen molar-refractivity contribution in [3.05, 3.63) is 98.1 Å². The summed E-state index contributed by atoms with van der Waals surface area (Å²) >= 11 is 11.0. The van der Waals surface area contributed by atoms with Crippen LogP contribution in [0, 0.1) is 0 Å². The van der Waals surface area contributed by atoms with Gasteiger partial charge >= 0.3 is 5.97 Å². The average molecular weight is 518 g/mol. The fraction of sp³-hybridized carbons (Fsp3) is 0.130. The molecule has 4 rings (SSSR count). The Bertz CT molecular complexity index is 1190. The van der Waals surface area contributed by atoms with Crippen LogP contribution >= 0.6 is 38.9 Å². The van der Waals surface area contributed by atoms with Crippen molar-refractivity contribution in [2.75, 3.05) is 0 Å². The van der Waals surface area contributed by atoms with E-state index in [1.165, 1.54) is 11.3 Å². The van der Waals surface area contributed by atoms with E-state index in [0.29, 0.717) is 24.1 Å². The second-order valence-corrected chi connectivity index (χ2v) is 9.54. The van der Waals surface area contributed by atoms with E-state index in [0.717, 1.165) is 32.0 Å². The van der Waals surface area contributed by atoms with Gasteiger partial charge in [-0.2, -0.15) is 0 Å². The van der Waals surface area contributed by atoms with Crippen molar-refractivity contribution >= 4 is 44.8 Å². The molecule has 0 aliphatic carbocycles. The van der Waals surface area contributed by atoms with Gasteiger partial charge in [0.25, 0.3) is 0 Å². The smallest absolute Gasteiger partial charge is 0.335 e. The first kappa shape index (κ1) is 21.8. The Kier molecular flexibility index (Phi) is 6.87. The number of thiophene rings is 1. The maximum atomic E-state index is 11.1. The zero-order valence-electron chi connectivity index (χ0n) is 16.3. The number of benzene rings is 2. The minimum Gasteiger partial charge on any atom is -0.478 e. The lowest BCUT2D eigenvalue weighted by Crippen LogP contribution is -2.02. The molecular weight excluding hydrogens is 500 g/mol. The van der Waals surface area contributed by atoms with Crippen LogP contribution in [0.2, 0.25) is 4.34 Å². The summed E-state index contributed by atoms with van der Waals surface area (Å²) in [6, 6.07) is 18.7. The normalized spacial score (nSPS) is 11.0. The molecule has 0 spiro atoms. The molecule has 0 amide bonds. The molecule has 0 atom stereocenters. The Hall–Kier alpha value is -2.45. The fourth-order valence-electron chi connectivity index (χ4n) is 3.09. The summed E-state index contributed by atoms with van der Waals surface area (Å²) in [7, 11) is 0. The number of carbonyl (C=O) groups is 1. The lowest BCUT2D eigenvalue weighted by molar-refractivity contribution is 0.0697. The minimum atomic E-state index is -0.937. The number of hydrogen-bond donors (Lipinski definition) is 1. The van der Waals surface area contributed by atoms with Gasteiger partial charge in [0.1, 0.15) is 0 Å². The summed E-state index contributed by atoms with van der Waals surface area (Å²) in [5.74, 6) is -0.130. The van der Waals surface area contributed by atoms with Crippen LogP contribution in [0.1, 0.15) is 27.2 Å². The monoisotopic (exact) mass is 516 g/mol. The number of halogens is 2. The Morgan fingerprint density at radius 2 is 1.74 bits per heavy atom. The van der Waals surface area contributed by atoms with Crippen LogP contribution in [-0.4, -0.2) is 20.6 Å². The first-order chi connectivity index (χ1) is 15.0. The van der Waals surface area contributed by atoms with Gasteiger partial charge in [-0.05, 0) is 47.5 Å². The molecule has 0 aliphatic rings. The molecule has 0 saturated heterocycles. The van der Waals surface area contributed by atoms with Crippen molar-refractivity contribution in [3.63, 3.8) is 0 Å². The lowest BCUT2D eigenvalue weighted by atomic mass is 10.1. The van der Waals surface area contributed by atoms with Gasteiger partial charge in [-0.15, -0.1) is 11.3 Å². The molecule has 31 heavy (non-hydrogen) atoms. The molecule has 0 bridgehead atoms. The Morgan fingerprint density at radius 3 is 2.39 bits per heavy atom. The lowest BCUT2D eigenvalue weighted by Gasteiger charge is -2.07. The molecule has 2 aromatic carbocycles. The highest BCUT2D eigenvalue weighted by atomic mass is 79.9. The van der Waals surface area contributed by atoms with E-state index < -0.39 is 5.97 Å². The summed E-state index contributed by atoms with van der Waals surface area (Å²) in [6.07, 6.45) is 1.97. The molecule has 4 aromatic rings. The zero-order chi connectivity index (χ0) is 21.8. The third kappa shape index (κ3) is 5.62. The number of ether oxygens (including phenoxy) is 1. The molecule has 0 radical (unpaired) electrons. The molecule has 2 aromatic heterocycles. The molecule has 2 heterocycles. The van der Waals surface area contributed by atoms with Crippen LogP contribution < -0.4 is 0 Å². The van der Waals surface area contributed by atoms with Crippen LogP contribution in [0.3, 0.4) is 0 Å². The maximum absolute atomic E-state index is 11.1. The molecule has 0 saturated carbocycles. The minimum absolute atomic E-state index is 0.265. The second kappa shape index (κ2) is 9.78. The van der Waals surface area contributed by atoms with Crippen LogP contribution in [0.25, 0.3) is 10.7 Å². The largest absolute Gasteiger partial charge is 0.478 e. The number of carboxylic acids is 1. The molecule has 5 nitrogen and oxygen atoms in total. The third-order valence-electron chi connectivity index (χ3n) is 4.61. The highest BCUT2D eigenvalue weighted by Crippen LogP contribution is 2.31. The molecule has 8 heteroatoms. The van der Waals surface area contributed by atoms with E-state index in [2.05, 4.69) is 15.9 Å². The quantitative estimate of drug-likeness (QED) is 0.290. The van der Waals surface area contributed by atoms with Crippen LogP contribution in [-0.2, 0) is 24.5 Å². The summed E-state index contributed by atoms with van der Waals surface area (Å²) in [5, 5.41) is 9.10. The van der Waals surface area contributed by atoms with E-state index >= 15 is 0 Å². The molecular formula is C23H18BrClN2O3S. The van der Waals surface area contributed by atoms with Crippen molar-refractivity contribution in [3.8, 4) is 10.7 Å². The second-order valence-electron chi connectivity index (χ2n) is 6.91. The standard InChI is InChI=1S/C23H18BrClN2O3S/c24-18-7-3-16(4-8-18)13-30-14-19-12-27(22(26-19)20-9-10-21(25)31-20)11-15-1-5-17(6-2-15)23(28)29/h1-10,12H,11,13-14H2,(H,28,29). The van der Waals surface area contributed by atoms with E-state index in [-0.39, 0.29) is 5.56 Å².